The van der Waals surface area contributed by atoms with Crippen LogP contribution in [0.1, 0.15) is 11.4 Å². The summed E-state index contributed by atoms with van der Waals surface area (Å²) in [5.41, 5.74) is 3.81. The number of methoxy groups -OCH3 is 1. The molecule has 0 aliphatic carbocycles. The Morgan fingerprint density at radius 2 is 2.00 bits per heavy atom. The standard InChI is InChI=1S/C16H14Cl2N2O/c1-10-3-4-11(7-13(10)18)20-15-8-12(21-2)5-6-14(15)19-16(20)9-17/h3-8H,9H2,1-2H3. The summed E-state index contributed by atoms with van der Waals surface area (Å²) in [6.07, 6.45) is 0. The molecule has 2 aromatic carbocycles. The number of alkyl halides is 1. The summed E-state index contributed by atoms with van der Waals surface area (Å²) in [5, 5.41) is 0.720. The molecule has 0 amide bonds. The summed E-state index contributed by atoms with van der Waals surface area (Å²) >= 11 is 12.3. The van der Waals surface area contributed by atoms with E-state index in [0.717, 1.165) is 38.9 Å². The molecule has 1 aromatic heterocycles. The van der Waals surface area contributed by atoms with E-state index in [2.05, 4.69) is 4.98 Å². The van der Waals surface area contributed by atoms with Gasteiger partial charge in [0.05, 0.1) is 24.0 Å². The summed E-state index contributed by atoms with van der Waals surface area (Å²) in [4.78, 5) is 4.57. The number of hydrogen-bond donors (Lipinski definition) is 0. The monoisotopic (exact) mass is 320 g/mol. The smallest absolute Gasteiger partial charge is 0.129 e. The summed E-state index contributed by atoms with van der Waals surface area (Å²) in [5.74, 6) is 1.88. The lowest BCUT2D eigenvalue weighted by Crippen LogP contribution is -1.99. The van der Waals surface area contributed by atoms with Crippen molar-refractivity contribution in [2.75, 3.05) is 7.11 Å². The number of aryl methyl sites for hydroxylation is 1. The second-order valence-electron chi connectivity index (χ2n) is 4.79. The van der Waals surface area contributed by atoms with Crippen molar-refractivity contribution in [3.63, 3.8) is 0 Å². The van der Waals surface area contributed by atoms with Gasteiger partial charge in [0.15, 0.2) is 0 Å². The van der Waals surface area contributed by atoms with E-state index >= 15 is 0 Å². The highest BCUT2D eigenvalue weighted by atomic mass is 35.5. The lowest BCUT2D eigenvalue weighted by molar-refractivity contribution is 0.415. The van der Waals surface area contributed by atoms with E-state index in [1.54, 1.807) is 7.11 Å². The van der Waals surface area contributed by atoms with Crippen LogP contribution >= 0.6 is 23.2 Å². The predicted molar refractivity (Wildman–Crippen MR) is 86.9 cm³/mol. The fourth-order valence-electron chi connectivity index (χ4n) is 2.33. The van der Waals surface area contributed by atoms with Crippen molar-refractivity contribution in [2.45, 2.75) is 12.8 Å². The Bertz CT molecular complexity index is 811. The quantitative estimate of drug-likeness (QED) is 0.652. The lowest BCUT2D eigenvalue weighted by atomic mass is 10.2. The Morgan fingerprint density at radius 3 is 2.67 bits per heavy atom. The second-order valence-corrected chi connectivity index (χ2v) is 5.46. The molecule has 0 atom stereocenters. The zero-order valence-electron chi connectivity index (χ0n) is 11.7. The van der Waals surface area contributed by atoms with Crippen LogP contribution in [0.15, 0.2) is 36.4 Å². The third kappa shape index (κ3) is 2.47. The van der Waals surface area contributed by atoms with Crippen molar-refractivity contribution in [3.05, 3.63) is 52.8 Å². The number of aromatic nitrogens is 2. The molecule has 0 radical (unpaired) electrons. The largest absolute Gasteiger partial charge is 0.497 e. The molecular weight excluding hydrogens is 307 g/mol. The molecule has 3 nitrogen and oxygen atoms in total. The molecule has 108 valence electrons. The molecule has 1 heterocycles. The van der Waals surface area contributed by atoms with E-state index in [4.69, 9.17) is 27.9 Å². The minimum atomic E-state index is 0.322. The van der Waals surface area contributed by atoms with Crippen LogP contribution in [0.2, 0.25) is 5.02 Å². The molecule has 3 rings (SSSR count). The van der Waals surface area contributed by atoms with Crippen molar-refractivity contribution >= 4 is 34.2 Å². The van der Waals surface area contributed by atoms with Gasteiger partial charge in [-0.1, -0.05) is 17.7 Å². The van der Waals surface area contributed by atoms with Gasteiger partial charge in [-0.05, 0) is 36.8 Å². The van der Waals surface area contributed by atoms with Gasteiger partial charge in [-0.15, -0.1) is 11.6 Å². The summed E-state index contributed by atoms with van der Waals surface area (Å²) in [6.45, 7) is 1.98. The number of nitrogens with zero attached hydrogens (tertiary/aromatic N) is 2. The van der Waals surface area contributed by atoms with Gasteiger partial charge < -0.3 is 4.74 Å². The molecule has 0 aliphatic rings. The van der Waals surface area contributed by atoms with E-state index in [0.29, 0.717) is 5.88 Å². The van der Waals surface area contributed by atoms with Crippen molar-refractivity contribution in [1.29, 1.82) is 0 Å². The average molecular weight is 321 g/mol. The molecule has 0 N–H and O–H groups in total. The lowest BCUT2D eigenvalue weighted by Gasteiger charge is -2.10. The Balaban J connectivity index is 2.30. The highest BCUT2D eigenvalue weighted by Gasteiger charge is 2.13. The zero-order valence-corrected chi connectivity index (χ0v) is 13.2. The number of halogens is 2. The molecule has 0 spiro atoms. The number of fused-ring (bicyclic) bond motifs is 1. The van der Waals surface area contributed by atoms with Crippen LogP contribution in [-0.2, 0) is 5.88 Å². The van der Waals surface area contributed by atoms with Crippen molar-refractivity contribution in [1.82, 2.24) is 9.55 Å². The third-order valence-corrected chi connectivity index (χ3v) is 4.11. The van der Waals surface area contributed by atoms with Crippen molar-refractivity contribution in [2.24, 2.45) is 0 Å². The van der Waals surface area contributed by atoms with E-state index in [1.165, 1.54) is 0 Å². The van der Waals surface area contributed by atoms with Crippen LogP contribution in [0, 0.1) is 6.92 Å². The van der Waals surface area contributed by atoms with Crippen molar-refractivity contribution in [3.8, 4) is 11.4 Å². The van der Waals surface area contributed by atoms with Gasteiger partial charge in [0.1, 0.15) is 11.6 Å². The maximum absolute atomic E-state index is 6.24. The molecule has 3 aromatic rings. The van der Waals surface area contributed by atoms with Crippen molar-refractivity contribution < 1.29 is 4.74 Å². The summed E-state index contributed by atoms with van der Waals surface area (Å²) in [7, 11) is 1.65. The topological polar surface area (TPSA) is 27.1 Å². The molecule has 0 bridgehead atoms. The van der Waals surface area contributed by atoms with E-state index < -0.39 is 0 Å². The second kappa shape index (κ2) is 5.58. The average Bonchev–Trinajstić information content (AvgIpc) is 2.87. The van der Waals surface area contributed by atoms with Crippen LogP contribution in [0.4, 0.5) is 0 Å². The third-order valence-electron chi connectivity index (χ3n) is 3.46. The van der Waals surface area contributed by atoms with Crippen LogP contribution in [-0.4, -0.2) is 16.7 Å². The first-order valence-corrected chi connectivity index (χ1v) is 7.43. The molecular formula is C16H14Cl2N2O. The van der Waals surface area contributed by atoms with Gasteiger partial charge in [-0.25, -0.2) is 4.98 Å². The first-order chi connectivity index (χ1) is 10.1. The Morgan fingerprint density at radius 1 is 1.19 bits per heavy atom. The molecule has 21 heavy (non-hydrogen) atoms. The molecule has 0 saturated heterocycles. The number of ether oxygens (including phenoxy) is 1. The van der Waals surface area contributed by atoms with Gasteiger partial charge in [0, 0.05) is 16.8 Å². The summed E-state index contributed by atoms with van der Waals surface area (Å²) in [6, 6.07) is 11.7. The molecule has 0 fully saturated rings. The minimum absolute atomic E-state index is 0.322. The van der Waals surface area contributed by atoms with Gasteiger partial charge in [-0.2, -0.15) is 0 Å². The number of imidazole rings is 1. The minimum Gasteiger partial charge on any atom is -0.497 e. The Hall–Kier alpha value is -1.71. The SMILES string of the molecule is COc1ccc2nc(CCl)n(-c3ccc(C)c(Cl)c3)c2c1. The molecule has 0 saturated carbocycles. The first-order valence-electron chi connectivity index (χ1n) is 6.52. The predicted octanol–water partition coefficient (Wildman–Crippen LogP) is 4.73. The zero-order chi connectivity index (χ0) is 15.0. The molecule has 0 unspecified atom stereocenters. The van der Waals surface area contributed by atoms with Gasteiger partial charge in [-0.3, -0.25) is 4.57 Å². The highest BCUT2D eigenvalue weighted by Crippen LogP contribution is 2.28. The first kappa shape index (κ1) is 14.2. The van der Waals surface area contributed by atoms with E-state index in [-0.39, 0.29) is 0 Å². The van der Waals surface area contributed by atoms with Gasteiger partial charge in [0.2, 0.25) is 0 Å². The van der Waals surface area contributed by atoms with Crippen LogP contribution in [0.5, 0.6) is 5.75 Å². The fraction of sp³-hybridized carbons (Fsp3) is 0.188. The maximum Gasteiger partial charge on any atom is 0.129 e. The number of benzene rings is 2. The number of hydrogen-bond acceptors (Lipinski definition) is 2. The normalized spacial score (nSPS) is 11.0. The Labute approximate surface area is 133 Å². The van der Waals surface area contributed by atoms with Crippen LogP contribution in [0.25, 0.3) is 16.7 Å². The summed E-state index contributed by atoms with van der Waals surface area (Å²) < 4.78 is 7.31. The van der Waals surface area contributed by atoms with E-state index in [9.17, 15) is 0 Å². The van der Waals surface area contributed by atoms with Gasteiger partial charge >= 0.3 is 0 Å². The van der Waals surface area contributed by atoms with Crippen LogP contribution in [0.3, 0.4) is 0 Å². The van der Waals surface area contributed by atoms with E-state index in [1.807, 2.05) is 47.9 Å². The maximum atomic E-state index is 6.24. The molecule has 0 aliphatic heterocycles. The number of rotatable bonds is 3. The molecule has 5 heteroatoms. The van der Waals surface area contributed by atoms with Crippen LogP contribution < -0.4 is 4.74 Å². The Kier molecular flexibility index (Phi) is 3.79. The van der Waals surface area contributed by atoms with Gasteiger partial charge in [0.25, 0.3) is 0 Å². The highest BCUT2D eigenvalue weighted by molar-refractivity contribution is 6.31. The fourth-order valence-corrected chi connectivity index (χ4v) is 2.68.